The zero-order valence-corrected chi connectivity index (χ0v) is 12.8. The molecule has 1 fully saturated rings. The van der Waals surface area contributed by atoms with Gasteiger partial charge in [0.25, 0.3) is 0 Å². The van der Waals surface area contributed by atoms with Crippen molar-refractivity contribution in [3.63, 3.8) is 0 Å². The molecule has 0 amide bonds. The molecule has 2 heterocycles. The first kappa shape index (κ1) is 15.0. The minimum atomic E-state index is -0.884. The van der Waals surface area contributed by atoms with Crippen LogP contribution in [0.3, 0.4) is 0 Å². The van der Waals surface area contributed by atoms with Crippen LogP contribution in [0.4, 0.5) is 0 Å². The second-order valence-corrected chi connectivity index (χ2v) is 6.77. The van der Waals surface area contributed by atoms with Crippen molar-refractivity contribution < 1.29 is 19.2 Å². The fraction of sp³-hybridized carbons (Fsp3) is 0.692. The lowest BCUT2D eigenvalue weighted by molar-refractivity contribution is -0.0892. The molecule has 0 atom stereocenters. The number of hydrogen-bond acceptors (Lipinski definition) is 5. The van der Waals surface area contributed by atoms with Crippen LogP contribution in [0.5, 0.6) is 0 Å². The average molecular weight is 284 g/mol. The lowest BCUT2D eigenvalue weighted by atomic mass is 9.86. The molecule has 2 rings (SSSR count). The topological polar surface area (TPSA) is 47.9 Å². The maximum absolute atomic E-state index is 10.0. The van der Waals surface area contributed by atoms with E-state index in [0.717, 1.165) is 10.3 Å². The van der Waals surface area contributed by atoms with Crippen LogP contribution >= 0.6 is 11.3 Å². The lowest BCUT2D eigenvalue weighted by Crippen LogP contribution is -2.49. The molecule has 1 aliphatic heterocycles. The van der Waals surface area contributed by atoms with E-state index in [-0.39, 0.29) is 6.29 Å². The quantitative estimate of drug-likeness (QED) is 0.829. The number of rotatable bonds is 5. The lowest BCUT2D eigenvalue weighted by Gasteiger charge is -2.37. The molecule has 6 heteroatoms. The minimum absolute atomic E-state index is 0.229. The van der Waals surface area contributed by atoms with E-state index >= 15 is 0 Å². The van der Waals surface area contributed by atoms with Gasteiger partial charge in [0.2, 0.25) is 0 Å². The summed E-state index contributed by atoms with van der Waals surface area (Å²) < 4.78 is 17.8. The van der Waals surface area contributed by atoms with Crippen molar-refractivity contribution in [3.8, 4) is 0 Å². The molecule has 1 aromatic rings. The molecule has 0 radical (unpaired) electrons. The highest BCUT2D eigenvalue weighted by Crippen LogP contribution is 2.26. The molecule has 0 spiro atoms. The third-order valence-corrected chi connectivity index (χ3v) is 4.55. The van der Waals surface area contributed by atoms with Crippen LogP contribution in [-0.4, -0.2) is 37.0 Å². The molecule has 4 nitrogen and oxygen atoms in total. The van der Waals surface area contributed by atoms with Gasteiger partial charge in [0.05, 0.1) is 24.4 Å². The van der Waals surface area contributed by atoms with Crippen LogP contribution < -0.4 is 4.78 Å². The molecule has 0 aromatic carbocycles. The highest BCUT2D eigenvalue weighted by atomic mass is 32.1. The molecule has 1 saturated heterocycles. The van der Waals surface area contributed by atoms with Crippen molar-refractivity contribution >= 4 is 23.6 Å². The van der Waals surface area contributed by atoms with Gasteiger partial charge < -0.3 is 19.2 Å². The second kappa shape index (κ2) is 5.54. The van der Waals surface area contributed by atoms with Crippen LogP contribution in [0, 0.1) is 0 Å². The largest absolute Gasteiger partial charge is 0.426 e. The number of ether oxygens (including phenoxy) is 2. The minimum Gasteiger partial charge on any atom is -0.426 e. The first-order valence-electron chi connectivity index (χ1n) is 6.46. The van der Waals surface area contributed by atoms with Crippen molar-refractivity contribution in [2.75, 3.05) is 13.2 Å². The summed E-state index contributed by atoms with van der Waals surface area (Å²) in [6.45, 7) is 8.60. The third-order valence-electron chi connectivity index (χ3n) is 3.62. The van der Waals surface area contributed by atoms with E-state index in [9.17, 15) is 5.11 Å². The highest BCUT2D eigenvalue weighted by Gasteiger charge is 2.35. The molecule has 19 heavy (non-hydrogen) atoms. The van der Waals surface area contributed by atoms with Gasteiger partial charge in [0.1, 0.15) is 0 Å². The van der Waals surface area contributed by atoms with Gasteiger partial charge in [-0.05, 0) is 39.1 Å². The average Bonchev–Trinajstić information content (AvgIpc) is 2.96. The summed E-state index contributed by atoms with van der Waals surface area (Å²) in [4.78, 5) is 0. The summed E-state index contributed by atoms with van der Waals surface area (Å²) in [6, 6.07) is 2.04. The molecular weight excluding hydrogens is 263 g/mol. The number of thiophene rings is 1. The van der Waals surface area contributed by atoms with E-state index in [1.807, 2.05) is 25.3 Å². The Kier molecular flexibility index (Phi) is 4.37. The highest BCUT2D eigenvalue weighted by molar-refractivity contribution is 7.19. The fourth-order valence-electron chi connectivity index (χ4n) is 1.58. The summed E-state index contributed by atoms with van der Waals surface area (Å²) in [6.07, 6.45) is -0.229. The summed E-state index contributed by atoms with van der Waals surface area (Å²) in [5.41, 5.74) is -0.440. The Morgan fingerprint density at radius 1 is 1.32 bits per heavy atom. The Labute approximate surface area is 119 Å². The van der Waals surface area contributed by atoms with E-state index < -0.39 is 11.2 Å². The van der Waals surface area contributed by atoms with Gasteiger partial charge in [0.15, 0.2) is 6.29 Å². The standard InChI is InChI=1S/C13H21BO4S/c1-12(2,15)13(3,4)18-14-10-7-9(8-19-10)11-16-5-6-17-11/h7-8,11,14-15H,5-6H2,1-4H3. The van der Waals surface area contributed by atoms with Crippen LogP contribution in [0.25, 0.3) is 0 Å². The van der Waals surface area contributed by atoms with Crippen molar-refractivity contribution in [1.29, 1.82) is 0 Å². The number of aliphatic hydroxyl groups is 1. The Morgan fingerprint density at radius 2 is 1.95 bits per heavy atom. The van der Waals surface area contributed by atoms with Crippen molar-refractivity contribution in [3.05, 3.63) is 17.0 Å². The van der Waals surface area contributed by atoms with Gasteiger partial charge >= 0.3 is 7.48 Å². The Bertz CT molecular complexity index is 419. The number of hydrogen-bond donors (Lipinski definition) is 1. The first-order valence-corrected chi connectivity index (χ1v) is 7.34. The molecule has 1 N–H and O–H groups in total. The van der Waals surface area contributed by atoms with Crippen molar-refractivity contribution in [2.45, 2.75) is 45.2 Å². The molecule has 0 aliphatic carbocycles. The summed E-state index contributed by atoms with van der Waals surface area (Å²) >= 11 is 1.62. The maximum Gasteiger partial charge on any atom is 0.319 e. The predicted octanol–water partition coefficient (Wildman–Crippen LogP) is 1.34. The van der Waals surface area contributed by atoms with Crippen molar-refractivity contribution in [1.82, 2.24) is 0 Å². The van der Waals surface area contributed by atoms with Gasteiger partial charge in [-0.15, -0.1) is 0 Å². The van der Waals surface area contributed by atoms with Gasteiger partial charge in [-0.1, -0.05) is 0 Å². The van der Waals surface area contributed by atoms with Crippen LogP contribution in [0.15, 0.2) is 11.4 Å². The van der Waals surface area contributed by atoms with E-state index in [4.69, 9.17) is 14.1 Å². The van der Waals surface area contributed by atoms with Gasteiger partial charge in [0, 0.05) is 10.3 Å². The molecule has 0 bridgehead atoms. The normalized spacial score (nSPS) is 17.9. The monoisotopic (exact) mass is 284 g/mol. The summed E-state index contributed by atoms with van der Waals surface area (Å²) in [5.74, 6) is 0. The molecule has 1 aromatic heterocycles. The molecule has 106 valence electrons. The summed E-state index contributed by atoms with van der Waals surface area (Å²) in [7, 11) is 0.481. The molecule has 1 aliphatic rings. The third kappa shape index (κ3) is 3.58. The zero-order chi connectivity index (χ0) is 14.1. The van der Waals surface area contributed by atoms with Gasteiger partial charge in [-0.3, -0.25) is 0 Å². The Balaban J connectivity index is 1.93. The Hall–Kier alpha value is -0.395. The maximum atomic E-state index is 10.0. The zero-order valence-electron chi connectivity index (χ0n) is 11.9. The van der Waals surface area contributed by atoms with Crippen LogP contribution in [0.1, 0.15) is 39.5 Å². The molecular formula is C13H21BO4S. The van der Waals surface area contributed by atoms with Gasteiger partial charge in [-0.2, -0.15) is 11.3 Å². The van der Waals surface area contributed by atoms with E-state index in [1.165, 1.54) is 0 Å². The van der Waals surface area contributed by atoms with Gasteiger partial charge in [-0.25, -0.2) is 0 Å². The van der Waals surface area contributed by atoms with E-state index in [2.05, 4.69) is 0 Å². The summed E-state index contributed by atoms with van der Waals surface area (Å²) in [5, 5.41) is 12.1. The Morgan fingerprint density at radius 3 is 2.53 bits per heavy atom. The van der Waals surface area contributed by atoms with Crippen LogP contribution in [-0.2, 0) is 14.1 Å². The van der Waals surface area contributed by atoms with Crippen LogP contribution in [0.2, 0.25) is 0 Å². The van der Waals surface area contributed by atoms with E-state index in [1.54, 1.807) is 25.2 Å². The first-order chi connectivity index (χ1) is 8.79. The molecule has 0 unspecified atom stereocenters. The fourth-order valence-corrected chi connectivity index (χ4v) is 2.37. The van der Waals surface area contributed by atoms with Crippen molar-refractivity contribution in [2.24, 2.45) is 0 Å². The molecule has 0 saturated carbocycles. The second-order valence-electron chi connectivity index (χ2n) is 5.78. The van der Waals surface area contributed by atoms with E-state index in [0.29, 0.717) is 20.7 Å². The predicted molar refractivity (Wildman–Crippen MR) is 77.2 cm³/mol. The smallest absolute Gasteiger partial charge is 0.319 e. The SMILES string of the molecule is CC(C)(O)C(C)(C)OBc1cc(C2OCCO2)cs1.